The maximum atomic E-state index is 11.8. The van der Waals surface area contributed by atoms with Crippen molar-refractivity contribution in [2.75, 3.05) is 0 Å². The molecular formula is C14H19NO. The van der Waals surface area contributed by atoms with E-state index in [1.165, 1.54) is 0 Å². The van der Waals surface area contributed by atoms with Gasteiger partial charge in [0.2, 0.25) is 5.91 Å². The van der Waals surface area contributed by atoms with Gasteiger partial charge >= 0.3 is 0 Å². The topological polar surface area (TPSA) is 43.1 Å². The van der Waals surface area contributed by atoms with Crippen LogP contribution in [0.3, 0.4) is 0 Å². The number of carbonyl (C=O) groups excluding carboxylic acids is 1. The van der Waals surface area contributed by atoms with Gasteiger partial charge in [0.25, 0.3) is 0 Å². The Balaban J connectivity index is 2.46. The van der Waals surface area contributed by atoms with E-state index in [4.69, 9.17) is 5.73 Å². The normalized spacial score (nSPS) is 26.4. The number of nitrogens with two attached hydrogens (primary N) is 1. The molecule has 1 aliphatic rings. The van der Waals surface area contributed by atoms with Crippen molar-refractivity contribution < 1.29 is 4.79 Å². The Morgan fingerprint density at radius 2 is 1.81 bits per heavy atom. The third kappa shape index (κ3) is 1.22. The lowest BCUT2D eigenvalue weighted by Crippen LogP contribution is -2.34. The quantitative estimate of drug-likeness (QED) is 0.827. The smallest absolute Gasteiger partial charge is 0.228 e. The van der Waals surface area contributed by atoms with Crippen LogP contribution in [0, 0.1) is 5.41 Å². The van der Waals surface area contributed by atoms with E-state index in [1.807, 2.05) is 30.3 Å². The van der Waals surface area contributed by atoms with Gasteiger partial charge in [0.1, 0.15) is 0 Å². The minimum atomic E-state index is -0.405. The van der Waals surface area contributed by atoms with Crippen LogP contribution in [-0.2, 0) is 10.2 Å². The van der Waals surface area contributed by atoms with Gasteiger partial charge < -0.3 is 5.73 Å². The predicted molar refractivity (Wildman–Crippen MR) is 64.9 cm³/mol. The highest BCUT2D eigenvalue weighted by Crippen LogP contribution is 2.68. The van der Waals surface area contributed by atoms with Gasteiger partial charge in [0.15, 0.2) is 0 Å². The number of amides is 1. The molecule has 0 heterocycles. The summed E-state index contributed by atoms with van der Waals surface area (Å²) in [5.74, 6) is -0.164. The molecule has 1 unspecified atom stereocenters. The summed E-state index contributed by atoms with van der Waals surface area (Å²) in [7, 11) is 0. The van der Waals surface area contributed by atoms with E-state index in [-0.39, 0.29) is 11.3 Å². The number of benzene rings is 1. The summed E-state index contributed by atoms with van der Waals surface area (Å²) in [6, 6.07) is 9.98. The molecule has 1 fully saturated rings. The van der Waals surface area contributed by atoms with E-state index >= 15 is 0 Å². The molecule has 2 nitrogen and oxygen atoms in total. The van der Waals surface area contributed by atoms with Gasteiger partial charge in [-0.2, -0.15) is 0 Å². The fourth-order valence-corrected chi connectivity index (χ4v) is 3.19. The standard InChI is InChI=1S/C14H19NO/c1-3-13(4-2)10-14(13,12(15)16)11-8-6-5-7-9-11/h5-9H,3-4,10H2,1-2H3,(H2,15,16). The van der Waals surface area contributed by atoms with Crippen LogP contribution in [-0.4, -0.2) is 5.91 Å². The van der Waals surface area contributed by atoms with E-state index in [1.54, 1.807) is 0 Å². The van der Waals surface area contributed by atoms with Crippen LogP contribution in [0.25, 0.3) is 0 Å². The van der Waals surface area contributed by atoms with Crippen LogP contribution >= 0.6 is 0 Å². The Kier molecular flexibility index (Phi) is 2.53. The minimum Gasteiger partial charge on any atom is -0.369 e. The summed E-state index contributed by atoms with van der Waals surface area (Å²) in [5, 5.41) is 0. The van der Waals surface area contributed by atoms with Crippen molar-refractivity contribution in [3.8, 4) is 0 Å². The average Bonchev–Trinajstić information content (AvgIpc) is 3.02. The lowest BCUT2D eigenvalue weighted by molar-refractivity contribution is -0.121. The largest absolute Gasteiger partial charge is 0.369 e. The lowest BCUT2D eigenvalue weighted by atomic mass is 9.82. The average molecular weight is 217 g/mol. The van der Waals surface area contributed by atoms with Crippen LogP contribution < -0.4 is 5.73 Å². The van der Waals surface area contributed by atoms with Crippen molar-refractivity contribution in [3.05, 3.63) is 35.9 Å². The summed E-state index contributed by atoms with van der Waals surface area (Å²) >= 11 is 0. The molecule has 1 atom stereocenters. The van der Waals surface area contributed by atoms with Crippen LogP contribution in [0.1, 0.15) is 38.7 Å². The van der Waals surface area contributed by atoms with E-state index in [0.717, 1.165) is 24.8 Å². The van der Waals surface area contributed by atoms with Crippen molar-refractivity contribution in [3.63, 3.8) is 0 Å². The summed E-state index contributed by atoms with van der Waals surface area (Å²) in [6.45, 7) is 4.30. The number of carbonyl (C=O) groups is 1. The number of hydrogen-bond acceptors (Lipinski definition) is 1. The highest BCUT2D eigenvalue weighted by atomic mass is 16.1. The summed E-state index contributed by atoms with van der Waals surface area (Å²) in [6.07, 6.45) is 2.94. The van der Waals surface area contributed by atoms with E-state index in [9.17, 15) is 4.79 Å². The highest BCUT2D eigenvalue weighted by molar-refractivity contribution is 5.92. The van der Waals surface area contributed by atoms with Gasteiger partial charge in [-0.1, -0.05) is 44.2 Å². The van der Waals surface area contributed by atoms with Gasteiger partial charge in [0, 0.05) is 0 Å². The zero-order chi connectivity index (χ0) is 11.8. The maximum Gasteiger partial charge on any atom is 0.228 e. The first-order chi connectivity index (χ1) is 7.63. The first-order valence-electron chi connectivity index (χ1n) is 5.98. The Labute approximate surface area is 96.8 Å². The molecule has 0 radical (unpaired) electrons. The van der Waals surface area contributed by atoms with E-state index in [0.29, 0.717) is 0 Å². The van der Waals surface area contributed by atoms with Crippen LogP contribution in [0.5, 0.6) is 0 Å². The fraction of sp³-hybridized carbons (Fsp3) is 0.500. The third-order valence-corrected chi connectivity index (χ3v) is 4.42. The molecule has 2 N–H and O–H groups in total. The first-order valence-corrected chi connectivity index (χ1v) is 5.98. The predicted octanol–water partition coefficient (Wildman–Crippen LogP) is 2.62. The second-order valence-electron chi connectivity index (χ2n) is 4.80. The Morgan fingerprint density at radius 1 is 1.25 bits per heavy atom. The molecule has 0 saturated heterocycles. The van der Waals surface area contributed by atoms with Gasteiger partial charge in [-0.15, -0.1) is 0 Å². The first kappa shape index (κ1) is 11.2. The third-order valence-electron chi connectivity index (χ3n) is 4.42. The molecule has 16 heavy (non-hydrogen) atoms. The van der Waals surface area contributed by atoms with E-state index < -0.39 is 5.41 Å². The zero-order valence-electron chi connectivity index (χ0n) is 9.99. The number of rotatable bonds is 4. The molecule has 1 aliphatic carbocycles. The fourth-order valence-electron chi connectivity index (χ4n) is 3.19. The minimum absolute atomic E-state index is 0.0974. The van der Waals surface area contributed by atoms with Gasteiger partial charge in [-0.3, -0.25) is 4.79 Å². The molecule has 1 aromatic rings. The number of hydrogen-bond donors (Lipinski definition) is 1. The zero-order valence-corrected chi connectivity index (χ0v) is 9.99. The lowest BCUT2D eigenvalue weighted by Gasteiger charge is -2.21. The molecule has 0 bridgehead atoms. The second-order valence-corrected chi connectivity index (χ2v) is 4.80. The molecule has 0 spiro atoms. The Hall–Kier alpha value is -1.31. The van der Waals surface area contributed by atoms with Crippen LogP contribution in [0.2, 0.25) is 0 Å². The molecule has 2 heteroatoms. The highest BCUT2D eigenvalue weighted by Gasteiger charge is 2.69. The van der Waals surface area contributed by atoms with Crippen molar-refractivity contribution in [2.45, 2.75) is 38.5 Å². The molecule has 0 aliphatic heterocycles. The monoisotopic (exact) mass is 217 g/mol. The molecule has 86 valence electrons. The molecule has 1 aromatic carbocycles. The van der Waals surface area contributed by atoms with Crippen molar-refractivity contribution in [2.24, 2.45) is 11.1 Å². The second kappa shape index (κ2) is 3.62. The van der Waals surface area contributed by atoms with Crippen LogP contribution in [0.4, 0.5) is 0 Å². The summed E-state index contributed by atoms with van der Waals surface area (Å²) in [5.41, 5.74) is 6.43. The van der Waals surface area contributed by atoms with Crippen molar-refractivity contribution in [1.29, 1.82) is 0 Å². The Bertz CT molecular complexity index is 394. The molecule has 1 saturated carbocycles. The molecule has 0 aromatic heterocycles. The van der Waals surface area contributed by atoms with E-state index in [2.05, 4.69) is 13.8 Å². The van der Waals surface area contributed by atoms with Crippen molar-refractivity contribution in [1.82, 2.24) is 0 Å². The van der Waals surface area contributed by atoms with Gasteiger partial charge in [-0.25, -0.2) is 0 Å². The SMILES string of the molecule is CCC1(CC)CC1(C(N)=O)c1ccccc1. The summed E-state index contributed by atoms with van der Waals surface area (Å²) < 4.78 is 0. The van der Waals surface area contributed by atoms with Crippen LogP contribution in [0.15, 0.2) is 30.3 Å². The van der Waals surface area contributed by atoms with Gasteiger partial charge in [0.05, 0.1) is 5.41 Å². The van der Waals surface area contributed by atoms with Crippen molar-refractivity contribution >= 4 is 5.91 Å². The summed E-state index contributed by atoms with van der Waals surface area (Å²) in [4.78, 5) is 11.8. The maximum absolute atomic E-state index is 11.8. The van der Waals surface area contributed by atoms with Gasteiger partial charge in [-0.05, 0) is 30.2 Å². The number of primary amides is 1. The molecular weight excluding hydrogens is 198 g/mol. The molecule has 2 rings (SSSR count). The molecule has 1 amide bonds. The Morgan fingerprint density at radius 3 is 2.19 bits per heavy atom.